The zero-order chi connectivity index (χ0) is 19.5. The van der Waals surface area contributed by atoms with Crippen molar-refractivity contribution in [3.05, 3.63) is 84.2 Å². The molecule has 0 spiro atoms. The molecule has 7 heteroatoms. The van der Waals surface area contributed by atoms with Crippen LogP contribution >= 0.6 is 11.3 Å². The number of anilines is 1. The molecule has 0 saturated carbocycles. The van der Waals surface area contributed by atoms with Crippen LogP contribution in [0.2, 0.25) is 0 Å². The minimum Gasteiger partial charge on any atom is -0.298 e. The molecular formula is C21H15FN4OS. The molecule has 28 heavy (non-hydrogen) atoms. The van der Waals surface area contributed by atoms with Gasteiger partial charge < -0.3 is 0 Å². The zero-order valence-electron chi connectivity index (χ0n) is 14.9. The molecule has 0 atom stereocenters. The summed E-state index contributed by atoms with van der Waals surface area (Å²) >= 11 is 1.33. The van der Waals surface area contributed by atoms with Gasteiger partial charge in [-0.3, -0.25) is 20.1 Å². The molecule has 0 aliphatic rings. The van der Waals surface area contributed by atoms with Crippen LogP contribution in [0, 0.1) is 12.7 Å². The van der Waals surface area contributed by atoms with E-state index in [9.17, 15) is 9.18 Å². The van der Waals surface area contributed by atoms with E-state index < -0.39 is 0 Å². The zero-order valence-corrected chi connectivity index (χ0v) is 15.7. The summed E-state index contributed by atoms with van der Waals surface area (Å²) in [5.41, 5.74) is 3.39. The minimum atomic E-state index is -0.329. The molecule has 5 nitrogen and oxygen atoms in total. The molecule has 0 bridgehead atoms. The number of hydrogen-bond donors (Lipinski definition) is 1. The lowest BCUT2D eigenvalue weighted by Gasteiger charge is -2.04. The number of carbonyl (C=O) groups excluding carboxylic acids is 1. The lowest BCUT2D eigenvalue weighted by Crippen LogP contribution is -2.11. The quantitative estimate of drug-likeness (QED) is 0.534. The average molecular weight is 390 g/mol. The number of carbonyl (C=O) groups is 1. The van der Waals surface area contributed by atoms with Crippen LogP contribution < -0.4 is 5.32 Å². The van der Waals surface area contributed by atoms with Crippen molar-refractivity contribution in [2.24, 2.45) is 0 Å². The van der Waals surface area contributed by atoms with E-state index in [2.05, 4.69) is 20.3 Å². The fourth-order valence-electron chi connectivity index (χ4n) is 2.81. The second-order valence-electron chi connectivity index (χ2n) is 6.15. The Morgan fingerprint density at radius 3 is 2.57 bits per heavy atom. The Balaban J connectivity index is 1.77. The number of benzene rings is 1. The molecule has 1 N–H and O–H groups in total. The van der Waals surface area contributed by atoms with Gasteiger partial charge in [0.05, 0.1) is 16.1 Å². The number of nitrogens with zero attached hydrogens (tertiary/aromatic N) is 3. The Kier molecular flexibility index (Phi) is 4.90. The molecule has 138 valence electrons. The first kappa shape index (κ1) is 17.9. The Hall–Kier alpha value is -3.45. The number of rotatable bonds is 4. The predicted molar refractivity (Wildman–Crippen MR) is 108 cm³/mol. The van der Waals surface area contributed by atoms with E-state index >= 15 is 0 Å². The van der Waals surface area contributed by atoms with E-state index in [-0.39, 0.29) is 11.7 Å². The molecule has 0 aliphatic heterocycles. The van der Waals surface area contributed by atoms with Crippen LogP contribution in [0.4, 0.5) is 9.52 Å². The van der Waals surface area contributed by atoms with Gasteiger partial charge in [0.25, 0.3) is 5.91 Å². The lowest BCUT2D eigenvalue weighted by atomic mass is 10.1. The van der Waals surface area contributed by atoms with Gasteiger partial charge in [-0.1, -0.05) is 11.3 Å². The average Bonchev–Trinajstić information content (AvgIpc) is 3.12. The van der Waals surface area contributed by atoms with Crippen LogP contribution in [0.3, 0.4) is 0 Å². The second-order valence-corrected chi connectivity index (χ2v) is 7.14. The summed E-state index contributed by atoms with van der Waals surface area (Å²) in [6.45, 7) is 1.83. The van der Waals surface area contributed by atoms with Crippen LogP contribution in [-0.2, 0) is 0 Å². The van der Waals surface area contributed by atoms with Crippen molar-refractivity contribution in [2.45, 2.75) is 6.92 Å². The van der Waals surface area contributed by atoms with Crippen molar-refractivity contribution in [2.75, 3.05) is 5.32 Å². The molecular weight excluding hydrogens is 375 g/mol. The molecule has 0 radical (unpaired) electrons. The molecule has 3 heterocycles. The predicted octanol–water partition coefficient (Wildman–Crippen LogP) is 4.97. The van der Waals surface area contributed by atoms with Crippen molar-refractivity contribution in [1.29, 1.82) is 0 Å². The summed E-state index contributed by atoms with van der Waals surface area (Å²) in [5.74, 6) is -0.630. The third kappa shape index (κ3) is 3.79. The van der Waals surface area contributed by atoms with Gasteiger partial charge in [0.2, 0.25) is 0 Å². The Labute approximate surface area is 165 Å². The number of nitrogens with one attached hydrogen (secondary N) is 1. The van der Waals surface area contributed by atoms with Crippen molar-refractivity contribution >= 4 is 22.4 Å². The van der Waals surface area contributed by atoms with Crippen LogP contribution in [0.1, 0.15) is 15.9 Å². The number of aromatic nitrogens is 3. The van der Waals surface area contributed by atoms with Gasteiger partial charge >= 0.3 is 0 Å². The maximum atomic E-state index is 14.0. The molecule has 0 saturated heterocycles. The number of hydrogen-bond acceptors (Lipinski definition) is 5. The fourth-order valence-corrected chi connectivity index (χ4v) is 3.80. The van der Waals surface area contributed by atoms with Gasteiger partial charge in [0, 0.05) is 30.4 Å². The fraction of sp³-hybridized carbons (Fsp3) is 0.0476. The molecule has 0 fully saturated rings. The van der Waals surface area contributed by atoms with Gasteiger partial charge in [0.15, 0.2) is 5.13 Å². The maximum absolute atomic E-state index is 14.0. The standard InChI is InChI=1S/C21H15FN4OS/c1-13-9-16(11-17(22)10-13)18-19(14-4-7-23-8-5-14)28-21(25-18)26-20(27)15-3-2-6-24-12-15/h2-12H,1H3,(H,25,26,27). The van der Waals surface area contributed by atoms with E-state index in [4.69, 9.17) is 0 Å². The first-order valence-electron chi connectivity index (χ1n) is 8.50. The Bertz CT molecular complexity index is 1110. The van der Waals surface area contributed by atoms with E-state index in [1.165, 1.54) is 29.7 Å². The number of thiazole rings is 1. The molecule has 1 amide bonds. The van der Waals surface area contributed by atoms with Crippen molar-refractivity contribution in [3.8, 4) is 21.7 Å². The van der Waals surface area contributed by atoms with Gasteiger partial charge in [-0.2, -0.15) is 0 Å². The van der Waals surface area contributed by atoms with Crippen molar-refractivity contribution in [1.82, 2.24) is 15.0 Å². The van der Waals surface area contributed by atoms with Gasteiger partial charge in [-0.15, -0.1) is 0 Å². The highest BCUT2D eigenvalue weighted by Crippen LogP contribution is 2.39. The van der Waals surface area contributed by atoms with E-state index in [0.717, 1.165) is 16.0 Å². The van der Waals surface area contributed by atoms with Gasteiger partial charge in [0.1, 0.15) is 5.82 Å². The summed E-state index contributed by atoms with van der Waals surface area (Å²) in [7, 11) is 0. The van der Waals surface area contributed by atoms with E-state index in [1.54, 1.807) is 30.7 Å². The molecule has 4 rings (SSSR count). The van der Waals surface area contributed by atoms with Crippen molar-refractivity contribution in [3.63, 3.8) is 0 Å². The molecule has 1 aromatic carbocycles. The summed E-state index contributed by atoms with van der Waals surface area (Å²) in [6, 6.07) is 11.9. The Morgan fingerprint density at radius 2 is 1.86 bits per heavy atom. The molecule has 4 aromatic rings. The largest absolute Gasteiger partial charge is 0.298 e. The number of aryl methyl sites for hydroxylation is 1. The normalized spacial score (nSPS) is 10.6. The van der Waals surface area contributed by atoms with Crippen LogP contribution in [0.5, 0.6) is 0 Å². The first-order valence-corrected chi connectivity index (χ1v) is 9.32. The molecule has 3 aromatic heterocycles. The van der Waals surface area contributed by atoms with Gasteiger partial charge in [-0.25, -0.2) is 9.37 Å². The number of pyridine rings is 2. The maximum Gasteiger partial charge on any atom is 0.259 e. The number of amides is 1. The first-order chi connectivity index (χ1) is 13.6. The second kappa shape index (κ2) is 7.66. The Morgan fingerprint density at radius 1 is 1.04 bits per heavy atom. The number of halogens is 1. The summed E-state index contributed by atoms with van der Waals surface area (Å²) < 4.78 is 14.0. The highest BCUT2D eigenvalue weighted by atomic mass is 32.1. The summed E-state index contributed by atoms with van der Waals surface area (Å²) in [5, 5.41) is 3.24. The minimum absolute atomic E-state index is 0.301. The van der Waals surface area contributed by atoms with E-state index in [1.807, 2.05) is 25.1 Å². The smallest absolute Gasteiger partial charge is 0.259 e. The van der Waals surface area contributed by atoms with Crippen LogP contribution in [-0.4, -0.2) is 20.9 Å². The molecule has 0 unspecified atom stereocenters. The highest BCUT2D eigenvalue weighted by Gasteiger charge is 2.18. The van der Waals surface area contributed by atoms with E-state index in [0.29, 0.717) is 22.0 Å². The molecule has 0 aliphatic carbocycles. The van der Waals surface area contributed by atoms with Crippen LogP contribution in [0.15, 0.2) is 67.3 Å². The third-order valence-corrected chi connectivity index (χ3v) is 5.05. The van der Waals surface area contributed by atoms with Gasteiger partial charge in [-0.05, 0) is 60.5 Å². The third-order valence-electron chi connectivity index (χ3n) is 4.03. The summed E-state index contributed by atoms with van der Waals surface area (Å²) in [4.78, 5) is 25.9. The monoisotopic (exact) mass is 390 g/mol. The lowest BCUT2D eigenvalue weighted by molar-refractivity contribution is 0.102. The van der Waals surface area contributed by atoms with Crippen LogP contribution in [0.25, 0.3) is 21.7 Å². The summed E-state index contributed by atoms with van der Waals surface area (Å²) in [6.07, 6.45) is 6.46. The van der Waals surface area contributed by atoms with Crippen molar-refractivity contribution < 1.29 is 9.18 Å². The highest BCUT2D eigenvalue weighted by molar-refractivity contribution is 7.19. The topological polar surface area (TPSA) is 67.8 Å². The SMILES string of the molecule is Cc1cc(F)cc(-c2nc(NC(=O)c3cccnc3)sc2-c2ccncc2)c1.